The number of hydrogen-bond acceptors (Lipinski definition) is 3. The Hall–Kier alpha value is -0.0900. The standard InChI is InChI=1S/C10H17NOS2/c1-4-9(12)11-6-5-10(7-11,14-13)8(2)3/h4,8,13H,1,5-7H2,2-3H3. The van der Waals surface area contributed by atoms with Gasteiger partial charge in [-0.05, 0) is 18.4 Å². The Labute approximate surface area is 94.9 Å². The maximum Gasteiger partial charge on any atom is 0.246 e. The summed E-state index contributed by atoms with van der Waals surface area (Å²) in [6.45, 7) is 9.50. The molecular formula is C10H17NOS2. The normalized spacial score (nSPS) is 27.0. The molecule has 0 radical (unpaired) electrons. The third-order valence-electron chi connectivity index (χ3n) is 2.98. The molecule has 0 aromatic carbocycles. The molecule has 1 atom stereocenters. The number of amides is 1. The summed E-state index contributed by atoms with van der Waals surface area (Å²) < 4.78 is 0.127. The van der Waals surface area contributed by atoms with Crippen molar-refractivity contribution >= 4 is 28.4 Å². The van der Waals surface area contributed by atoms with E-state index in [9.17, 15) is 4.79 Å². The molecule has 0 aromatic heterocycles. The number of nitrogens with zero attached hydrogens (tertiary/aromatic N) is 1. The molecule has 2 nitrogen and oxygen atoms in total. The minimum Gasteiger partial charge on any atom is -0.338 e. The lowest BCUT2D eigenvalue weighted by atomic mass is 9.94. The summed E-state index contributed by atoms with van der Waals surface area (Å²) in [7, 11) is 1.59. The SMILES string of the molecule is C=CC(=O)N1CCC(SS)(C(C)C)C1. The second-order valence-electron chi connectivity index (χ2n) is 4.02. The van der Waals surface area contributed by atoms with Gasteiger partial charge in [0.1, 0.15) is 0 Å². The zero-order chi connectivity index (χ0) is 10.8. The first-order valence-corrected chi connectivity index (χ1v) is 6.66. The molecular weight excluding hydrogens is 214 g/mol. The predicted octanol–water partition coefficient (Wildman–Crippen LogP) is 2.38. The summed E-state index contributed by atoms with van der Waals surface area (Å²) >= 11 is 4.33. The van der Waals surface area contributed by atoms with Gasteiger partial charge in [-0.3, -0.25) is 4.79 Å². The van der Waals surface area contributed by atoms with Crippen LogP contribution >= 0.6 is 22.5 Å². The van der Waals surface area contributed by atoms with Crippen molar-refractivity contribution in [3.63, 3.8) is 0 Å². The van der Waals surface area contributed by atoms with Crippen LogP contribution in [0.4, 0.5) is 0 Å². The number of likely N-dealkylation sites (tertiary alicyclic amines) is 1. The van der Waals surface area contributed by atoms with Gasteiger partial charge in [-0.2, -0.15) is 0 Å². The molecule has 0 aromatic rings. The molecule has 0 N–H and O–H groups in total. The highest BCUT2D eigenvalue weighted by molar-refractivity contribution is 8.69. The minimum absolute atomic E-state index is 0.0370. The summed E-state index contributed by atoms with van der Waals surface area (Å²) in [4.78, 5) is 13.3. The first-order valence-electron chi connectivity index (χ1n) is 4.79. The van der Waals surface area contributed by atoms with Crippen LogP contribution in [0.15, 0.2) is 12.7 Å². The molecule has 1 unspecified atom stereocenters. The average molecular weight is 231 g/mol. The van der Waals surface area contributed by atoms with Crippen LogP contribution in [0.5, 0.6) is 0 Å². The van der Waals surface area contributed by atoms with Crippen LogP contribution in [0.2, 0.25) is 0 Å². The van der Waals surface area contributed by atoms with E-state index in [1.54, 1.807) is 10.8 Å². The minimum atomic E-state index is 0.0370. The van der Waals surface area contributed by atoms with Crippen LogP contribution in [-0.4, -0.2) is 28.6 Å². The van der Waals surface area contributed by atoms with Gasteiger partial charge in [-0.25, -0.2) is 0 Å². The fourth-order valence-corrected chi connectivity index (χ4v) is 3.46. The smallest absolute Gasteiger partial charge is 0.246 e. The number of carbonyl (C=O) groups is 1. The average Bonchev–Trinajstić information content (AvgIpc) is 2.62. The lowest BCUT2D eigenvalue weighted by Gasteiger charge is -2.30. The van der Waals surface area contributed by atoms with Crippen molar-refractivity contribution in [1.29, 1.82) is 0 Å². The summed E-state index contributed by atoms with van der Waals surface area (Å²) in [5.41, 5.74) is 0. The first-order chi connectivity index (χ1) is 6.55. The molecule has 1 saturated heterocycles. The highest BCUT2D eigenvalue weighted by Gasteiger charge is 2.41. The lowest BCUT2D eigenvalue weighted by molar-refractivity contribution is -0.125. The van der Waals surface area contributed by atoms with Crippen molar-refractivity contribution in [1.82, 2.24) is 4.90 Å². The van der Waals surface area contributed by atoms with Crippen LogP contribution in [0, 0.1) is 5.92 Å². The number of thiol groups is 1. The van der Waals surface area contributed by atoms with Crippen molar-refractivity contribution in [2.75, 3.05) is 13.1 Å². The van der Waals surface area contributed by atoms with E-state index in [1.807, 2.05) is 4.90 Å². The van der Waals surface area contributed by atoms with Crippen LogP contribution < -0.4 is 0 Å². The van der Waals surface area contributed by atoms with Crippen LogP contribution in [0.25, 0.3) is 0 Å². The number of carbonyl (C=O) groups excluding carboxylic acids is 1. The van der Waals surface area contributed by atoms with Gasteiger partial charge in [-0.1, -0.05) is 31.2 Å². The molecule has 0 bridgehead atoms. The summed E-state index contributed by atoms with van der Waals surface area (Å²) in [6, 6.07) is 0. The maximum absolute atomic E-state index is 11.4. The highest BCUT2D eigenvalue weighted by Crippen LogP contribution is 2.43. The number of hydrogen-bond donors (Lipinski definition) is 1. The lowest BCUT2D eigenvalue weighted by Crippen LogP contribution is -2.36. The number of rotatable bonds is 3. The molecule has 1 amide bonds. The van der Waals surface area contributed by atoms with Crippen LogP contribution in [0.3, 0.4) is 0 Å². The molecule has 1 rings (SSSR count). The summed E-state index contributed by atoms with van der Waals surface area (Å²) in [6.07, 6.45) is 2.41. The van der Waals surface area contributed by atoms with Gasteiger partial charge in [0.2, 0.25) is 5.91 Å². The quantitative estimate of drug-likeness (QED) is 0.457. The monoisotopic (exact) mass is 231 g/mol. The molecule has 0 spiro atoms. The Morgan fingerprint density at radius 2 is 2.36 bits per heavy atom. The first kappa shape index (κ1) is 12.0. The molecule has 1 fully saturated rings. The Bertz CT molecular complexity index is 242. The largest absolute Gasteiger partial charge is 0.338 e. The van der Waals surface area contributed by atoms with Gasteiger partial charge < -0.3 is 4.90 Å². The molecule has 1 heterocycles. The molecule has 1 aliphatic rings. The van der Waals surface area contributed by atoms with E-state index in [-0.39, 0.29) is 10.7 Å². The van der Waals surface area contributed by atoms with Crippen LogP contribution in [0.1, 0.15) is 20.3 Å². The van der Waals surface area contributed by atoms with Gasteiger partial charge in [0.05, 0.1) is 0 Å². The van der Waals surface area contributed by atoms with E-state index < -0.39 is 0 Å². The Morgan fingerprint density at radius 1 is 1.71 bits per heavy atom. The van der Waals surface area contributed by atoms with E-state index in [2.05, 4.69) is 32.1 Å². The molecule has 1 aliphatic heterocycles. The second kappa shape index (κ2) is 4.62. The third-order valence-corrected chi connectivity index (χ3v) is 5.24. The zero-order valence-electron chi connectivity index (χ0n) is 8.69. The van der Waals surface area contributed by atoms with Crippen molar-refractivity contribution < 1.29 is 4.79 Å². The summed E-state index contributed by atoms with van der Waals surface area (Å²) in [5.74, 6) is 0.572. The van der Waals surface area contributed by atoms with E-state index >= 15 is 0 Å². The fraction of sp³-hybridized carbons (Fsp3) is 0.700. The van der Waals surface area contributed by atoms with E-state index in [0.29, 0.717) is 5.92 Å². The van der Waals surface area contributed by atoms with Gasteiger partial charge in [-0.15, -0.1) is 11.7 Å². The van der Waals surface area contributed by atoms with Crippen molar-refractivity contribution in [2.45, 2.75) is 25.0 Å². The van der Waals surface area contributed by atoms with Gasteiger partial charge in [0, 0.05) is 17.8 Å². The van der Waals surface area contributed by atoms with Gasteiger partial charge >= 0.3 is 0 Å². The van der Waals surface area contributed by atoms with Crippen LogP contribution in [-0.2, 0) is 4.79 Å². The maximum atomic E-state index is 11.4. The highest BCUT2D eigenvalue weighted by atomic mass is 33.1. The zero-order valence-corrected chi connectivity index (χ0v) is 10.4. The molecule has 14 heavy (non-hydrogen) atoms. The van der Waals surface area contributed by atoms with Crippen molar-refractivity contribution in [2.24, 2.45) is 5.92 Å². The van der Waals surface area contributed by atoms with E-state index in [4.69, 9.17) is 0 Å². The topological polar surface area (TPSA) is 20.3 Å². The Morgan fingerprint density at radius 3 is 2.71 bits per heavy atom. The molecule has 0 saturated carbocycles. The Balaban J connectivity index is 2.70. The molecule has 0 aliphatic carbocycles. The summed E-state index contributed by atoms with van der Waals surface area (Å²) in [5, 5.41) is 0. The van der Waals surface area contributed by atoms with Gasteiger partial charge in [0.15, 0.2) is 0 Å². The fourth-order valence-electron chi connectivity index (χ4n) is 1.77. The molecule has 4 heteroatoms. The third kappa shape index (κ3) is 2.11. The van der Waals surface area contributed by atoms with Crippen molar-refractivity contribution in [3.05, 3.63) is 12.7 Å². The Kier molecular flexibility index (Phi) is 3.95. The van der Waals surface area contributed by atoms with E-state index in [0.717, 1.165) is 19.5 Å². The van der Waals surface area contributed by atoms with Crippen molar-refractivity contribution in [3.8, 4) is 0 Å². The van der Waals surface area contributed by atoms with Gasteiger partial charge in [0.25, 0.3) is 0 Å². The molecule has 80 valence electrons. The van der Waals surface area contributed by atoms with E-state index in [1.165, 1.54) is 6.08 Å². The predicted molar refractivity (Wildman–Crippen MR) is 65.5 cm³/mol. The second-order valence-corrected chi connectivity index (χ2v) is 5.57.